The molecule has 7 heteroatoms. The van der Waals surface area contributed by atoms with Crippen LogP contribution in [-0.2, 0) is 11.3 Å². The molecule has 3 rings (SSSR count). The van der Waals surface area contributed by atoms with Crippen molar-refractivity contribution in [1.82, 2.24) is 15.6 Å². The predicted molar refractivity (Wildman–Crippen MR) is 83.5 cm³/mol. The number of halogens is 2. The number of benzene rings is 1. The number of carbonyl (C=O) groups is 1. The van der Waals surface area contributed by atoms with Gasteiger partial charge < -0.3 is 15.4 Å². The minimum absolute atomic E-state index is 0.0877. The Kier molecular flexibility index (Phi) is 5.00. The molecular formula is C17H17F2N3O2. The van der Waals surface area contributed by atoms with Gasteiger partial charge in [-0.3, -0.25) is 4.79 Å². The fraction of sp³-hybridized carbons (Fsp3) is 0.294. The van der Waals surface area contributed by atoms with Crippen LogP contribution in [0.2, 0.25) is 0 Å². The lowest BCUT2D eigenvalue weighted by Gasteiger charge is -2.13. The Bertz CT molecular complexity index is 734. The highest BCUT2D eigenvalue weighted by Crippen LogP contribution is 2.26. The number of nitrogens with one attached hydrogen (secondary N) is 2. The molecule has 5 nitrogen and oxygen atoms in total. The highest BCUT2D eigenvalue weighted by Gasteiger charge is 2.22. The van der Waals surface area contributed by atoms with Gasteiger partial charge in [0.15, 0.2) is 11.6 Å². The summed E-state index contributed by atoms with van der Waals surface area (Å²) in [5.74, 6) is -1.54. The fourth-order valence-electron chi connectivity index (χ4n) is 2.53. The van der Waals surface area contributed by atoms with Crippen LogP contribution >= 0.6 is 0 Å². The summed E-state index contributed by atoms with van der Waals surface area (Å²) in [7, 11) is 0. The lowest BCUT2D eigenvalue weighted by molar-refractivity contribution is -0.122. The Morgan fingerprint density at radius 1 is 1.38 bits per heavy atom. The van der Waals surface area contributed by atoms with Crippen LogP contribution in [-0.4, -0.2) is 23.5 Å². The van der Waals surface area contributed by atoms with Crippen molar-refractivity contribution in [2.75, 3.05) is 6.54 Å². The maximum absolute atomic E-state index is 13.7. The number of hydrogen-bond acceptors (Lipinski definition) is 4. The van der Waals surface area contributed by atoms with E-state index in [1.54, 1.807) is 12.1 Å². The molecule has 1 fully saturated rings. The molecule has 0 aliphatic carbocycles. The number of carbonyl (C=O) groups excluding carboxylic acids is 1. The Morgan fingerprint density at radius 3 is 3.00 bits per heavy atom. The second-order valence-corrected chi connectivity index (χ2v) is 5.51. The standard InChI is InChI=1S/C17H17F2N3O2/c18-12-5-6-15(13(19)9-12)24-17-11(3-1-8-21-17)10-22-16(23)14-4-2-7-20-14/h1,3,5-6,8-9,14,20H,2,4,7,10H2,(H,22,23)/t14-/m0/s1. The second kappa shape index (κ2) is 7.35. The molecule has 0 spiro atoms. The van der Waals surface area contributed by atoms with Crippen molar-refractivity contribution in [2.24, 2.45) is 0 Å². The summed E-state index contributed by atoms with van der Waals surface area (Å²) in [6.07, 6.45) is 3.28. The van der Waals surface area contributed by atoms with E-state index < -0.39 is 11.6 Å². The normalized spacial score (nSPS) is 16.8. The van der Waals surface area contributed by atoms with Gasteiger partial charge in [0, 0.05) is 24.4 Å². The van der Waals surface area contributed by atoms with E-state index >= 15 is 0 Å². The average Bonchev–Trinajstić information content (AvgIpc) is 3.11. The van der Waals surface area contributed by atoms with Gasteiger partial charge in [-0.25, -0.2) is 13.8 Å². The zero-order valence-corrected chi connectivity index (χ0v) is 12.9. The van der Waals surface area contributed by atoms with Crippen molar-refractivity contribution in [3.63, 3.8) is 0 Å². The van der Waals surface area contributed by atoms with E-state index in [0.29, 0.717) is 5.56 Å². The maximum atomic E-state index is 13.7. The highest BCUT2D eigenvalue weighted by atomic mass is 19.1. The molecule has 2 heterocycles. The minimum atomic E-state index is -0.814. The molecule has 1 atom stereocenters. The van der Waals surface area contributed by atoms with Gasteiger partial charge in [0.2, 0.25) is 11.8 Å². The third-order valence-corrected chi connectivity index (χ3v) is 3.78. The first-order chi connectivity index (χ1) is 11.6. The van der Waals surface area contributed by atoms with E-state index in [0.717, 1.165) is 31.5 Å². The van der Waals surface area contributed by atoms with Gasteiger partial charge in [0.25, 0.3) is 0 Å². The Labute approximate surface area is 138 Å². The van der Waals surface area contributed by atoms with E-state index in [4.69, 9.17) is 4.74 Å². The van der Waals surface area contributed by atoms with Gasteiger partial charge in [0.1, 0.15) is 5.82 Å². The number of hydrogen-bond donors (Lipinski definition) is 2. The van der Waals surface area contributed by atoms with Crippen LogP contribution in [0.5, 0.6) is 11.6 Å². The van der Waals surface area contributed by atoms with Crippen LogP contribution in [0, 0.1) is 11.6 Å². The molecule has 1 aliphatic heterocycles. The van der Waals surface area contributed by atoms with E-state index in [2.05, 4.69) is 15.6 Å². The molecule has 2 N–H and O–H groups in total. The van der Waals surface area contributed by atoms with Gasteiger partial charge >= 0.3 is 0 Å². The first kappa shape index (κ1) is 16.3. The molecule has 2 aromatic rings. The summed E-state index contributed by atoms with van der Waals surface area (Å²) in [5, 5.41) is 5.93. The van der Waals surface area contributed by atoms with Crippen LogP contribution in [0.15, 0.2) is 36.5 Å². The van der Waals surface area contributed by atoms with Crippen molar-refractivity contribution in [2.45, 2.75) is 25.4 Å². The third-order valence-electron chi connectivity index (χ3n) is 3.78. The smallest absolute Gasteiger partial charge is 0.237 e. The quantitative estimate of drug-likeness (QED) is 0.883. The van der Waals surface area contributed by atoms with E-state index in [-0.39, 0.29) is 30.1 Å². The molecule has 1 aromatic carbocycles. The van der Waals surface area contributed by atoms with Crippen molar-refractivity contribution in [1.29, 1.82) is 0 Å². The first-order valence-electron chi connectivity index (χ1n) is 7.71. The van der Waals surface area contributed by atoms with Crippen LogP contribution in [0.4, 0.5) is 8.78 Å². The molecule has 0 bridgehead atoms. The van der Waals surface area contributed by atoms with Gasteiger partial charge in [-0.1, -0.05) is 6.07 Å². The zero-order valence-electron chi connectivity index (χ0n) is 12.9. The van der Waals surface area contributed by atoms with E-state index in [1.807, 2.05) is 0 Å². The molecule has 126 valence electrons. The third kappa shape index (κ3) is 3.86. The summed E-state index contributed by atoms with van der Waals surface area (Å²) in [6, 6.07) is 6.29. The largest absolute Gasteiger partial charge is 0.436 e. The summed E-state index contributed by atoms with van der Waals surface area (Å²) in [6.45, 7) is 1.05. The number of amides is 1. The lowest BCUT2D eigenvalue weighted by Crippen LogP contribution is -2.40. The molecule has 0 saturated carbocycles. The van der Waals surface area contributed by atoms with Crippen molar-refractivity contribution < 1.29 is 18.3 Å². The van der Waals surface area contributed by atoms with Gasteiger partial charge in [-0.05, 0) is 37.6 Å². The summed E-state index contributed by atoms with van der Waals surface area (Å²) in [5.41, 5.74) is 0.604. The van der Waals surface area contributed by atoms with E-state index in [1.165, 1.54) is 12.3 Å². The summed E-state index contributed by atoms with van der Waals surface area (Å²) in [4.78, 5) is 16.1. The summed E-state index contributed by atoms with van der Waals surface area (Å²) >= 11 is 0. The van der Waals surface area contributed by atoms with Gasteiger partial charge in [0.05, 0.1) is 6.04 Å². The topological polar surface area (TPSA) is 63.2 Å². The molecular weight excluding hydrogens is 316 g/mol. The molecule has 24 heavy (non-hydrogen) atoms. The number of ether oxygens (including phenoxy) is 1. The number of rotatable bonds is 5. The first-order valence-corrected chi connectivity index (χ1v) is 7.71. The zero-order chi connectivity index (χ0) is 16.9. The maximum Gasteiger partial charge on any atom is 0.237 e. The van der Waals surface area contributed by atoms with Crippen LogP contribution in [0.3, 0.4) is 0 Å². The SMILES string of the molecule is O=C(NCc1cccnc1Oc1ccc(F)cc1F)[C@@H]1CCCN1. The Balaban J connectivity index is 1.69. The van der Waals surface area contributed by atoms with E-state index in [9.17, 15) is 13.6 Å². The minimum Gasteiger partial charge on any atom is -0.436 e. The van der Waals surface area contributed by atoms with Gasteiger partial charge in [-0.2, -0.15) is 0 Å². The summed E-state index contributed by atoms with van der Waals surface area (Å²) < 4.78 is 32.1. The molecule has 0 unspecified atom stereocenters. The van der Waals surface area contributed by atoms with Crippen molar-refractivity contribution in [3.8, 4) is 11.6 Å². The number of pyridine rings is 1. The number of aromatic nitrogens is 1. The molecule has 1 saturated heterocycles. The monoisotopic (exact) mass is 333 g/mol. The lowest BCUT2D eigenvalue weighted by atomic mass is 10.2. The second-order valence-electron chi connectivity index (χ2n) is 5.51. The van der Waals surface area contributed by atoms with Gasteiger partial charge in [-0.15, -0.1) is 0 Å². The Hall–Kier alpha value is -2.54. The van der Waals surface area contributed by atoms with Crippen molar-refractivity contribution in [3.05, 3.63) is 53.7 Å². The highest BCUT2D eigenvalue weighted by molar-refractivity contribution is 5.82. The Morgan fingerprint density at radius 2 is 2.25 bits per heavy atom. The number of nitrogens with zero attached hydrogens (tertiary/aromatic N) is 1. The molecule has 1 aromatic heterocycles. The molecule has 1 aliphatic rings. The van der Waals surface area contributed by atoms with Crippen LogP contribution in [0.25, 0.3) is 0 Å². The van der Waals surface area contributed by atoms with Crippen LogP contribution < -0.4 is 15.4 Å². The van der Waals surface area contributed by atoms with Crippen molar-refractivity contribution >= 4 is 5.91 Å². The molecule has 0 radical (unpaired) electrons. The predicted octanol–water partition coefficient (Wildman–Crippen LogP) is 2.52. The molecule has 1 amide bonds. The average molecular weight is 333 g/mol. The van der Waals surface area contributed by atoms with Crippen LogP contribution in [0.1, 0.15) is 18.4 Å². The fourth-order valence-corrected chi connectivity index (χ4v) is 2.53.